The molecule has 0 amide bonds. The van der Waals surface area contributed by atoms with Crippen molar-refractivity contribution in [3.63, 3.8) is 0 Å². The summed E-state index contributed by atoms with van der Waals surface area (Å²) in [5.41, 5.74) is 1.23. The van der Waals surface area contributed by atoms with E-state index in [0.29, 0.717) is 0 Å². The summed E-state index contributed by atoms with van der Waals surface area (Å²) in [6, 6.07) is 5.76. The van der Waals surface area contributed by atoms with Crippen molar-refractivity contribution in [1.82, 2.24) is 5.32 Å². The molecule has 0 spiro atoms. The van der Waals surface area contributed by atoms with E-state index in [4.69, 9.17) is 16.3 Å². The van der Waals surface area contributed by atoms with Crippen LogP contribution >= 0.6 is 24.0 Å². The van der Waals surface area contributed by atoms with Crippen molar-refractivity contribution in [3.05, 3.63) is 28.8 Å². The van der Waals surface area contributed by atoms with Gasteiger partial charge >= 0.3 is 0 Å². The topological polar surface area (TPSA) is 21.3 Å². The lowest BCUT2D eigenvalue weighted by Crippen LogP contribution is -2.36. The van der Waals surface area contributed by atoms with Gasteiger partial charge in [-0.15, -0.1) is 12.4 Å². The van der Waals surface area contributed by atoms with Crippen molar-refractivity contribution < 1.29 is 4.74 Å². The van der Waals surface area contributed by atoms with Gasteiger partial charge < -0.3 is 10.1 Å². The summed E-state index contributed by atoms with van der Waals surface area (Å²) in [7, 11) is 0. The molecule has 18 heavy (non-hydrogen) atoms. The highest BCUT2D eigenvalue weighted by atomic mass is 35.5. The van der Waals surface area contributed by atoms with Crippen LogP contribution in [0.5, 0.6) is 5.75 Å². The fourth-order valence-corrected chi connectivity index (χ4v) is 1.55. The molecule has 0 fully saturated rings. The van der Waals surface area contributed by atoms with Crippen LogP contribution in [0.25, 0.3) is 0 Å². The van der Waals surface area contributed by atoms with Crippen molar-refractivity contribution in [2.45, 2.75) is 39.7 Å². The average molecular weight is 292 g/mol. The highest BCUT2D eigenvalue weighted by Gasteiger charge is 2.07. The van der Waals surface area contributed by atoms with Crippen molar-refractivity contribution in [3.8, 4) is 5.75 Å². The Morgan fingerprint density at radius 2 is 1.94 bits per heavy atom. The van der Waals surface area contributed by atoms with Crippen LogP contribution in [0.3, 0.4) is 0 Å². The lowest BCUT2D eigenvalue weighted by Gasteiger charge is -2.20. The Morgan fingerprint density at radius 1 is 1.28 bits per heavy atom. The highest BCUT2D eigenvalue weighted by molar-refractivity contribution is 6.31. The first-order valence-corrected chi connectivity index (χ1v) is 6.40. The van der Waals surface area contributed by atoms with Crippen LogP contribution in [0.2, 0.25) is 5.02 Å². The van der Waals surface area contributed by atoms with Gasteiger partial charge in [0.05, 0.1) is 6.61 Å². The van der Waals surface area contributed by atoms with Gasteiger partial charge in [-0.3, -0.25) is 0 Å². The normalized spacial score (nSPS) is 10.9. The van der Waals surface area contributed by atoms with Crippen LogP contribution in [-0.2, 0) is 0 Å². The lowest BCUT2D eigenvalue weighted by molar-refractivity contribution is 0.298. The van der Waals surface area contributed by atoms with E-state index in [0.717, 1.165) is 35.9 Å². The standard InChI is InChI=1S/C14H22ClNO.ClH/c1-11-10-12(6-7-13(11)15)17-9-5-8-16-14(2,3)4;/h6-7,10,16H,5,8-9H2,1-4H3;1H. The van der Waals surface area contributed by atoms with Crippen LogP contribution in [0.4, 0.5) is 0 Å². The van der Waals surface area contributed by atoms with Crippen molar-refractivity contribution >= 4 is 24.0 Å². The summed E-state index contributed by atoms with van der Waals surface area (Å²) >= 11 is 5.95. The Balaban J connectivity index is 0.00000289. The Bertz CT molecular complexity index is 361. The first-order chi connectivity index (χ1) is 7.88. The Morgan fingerprint density at radius 3 is 2.50 bits per heavy atom. The minimum absolute atomic E-state index is 0. The number of hydrogen-bond donors (Lipinski definition) is 1. The Kier molecular flexibility index (Phi) is 7.69. The van der Waals surface area contributed by atoms with Crippen LogP contribution < -0.4 is 10.1 Å². The molecule has 0 aliphatic carbocycles. The number of aryl methyl sites for hydroxylation is 1. The zero-order valence-corrected chi connectivity index (χ0v) is 13.1. The van der Waals surface area contributed by atoms with E-state index in [2.05, 4.69) is 26.1 Å². The second kappa shape index (κ2) is 7.88. The Hall–Kier alpha value is -0.440. The van der Waals surface area contributed by atoms with Gasteiger partial charge in [-0.2, -0.15) is 0 Å². The largest absolute Gasteiger partial charge is 0.494 e. The van der Waals surface area contributed by atoms with Crippen LogP contribution in [0.1, 0.15) is 32.8 Å². The third-order valence-electron chi connectivity index (χ3n) is 2.37. The van der Waals surface area contributed by atoms with E-state index < -0.39 is 0 Å². The second-order valence-corrected chi connectivity index (χ2v) is 5.70. The fraction of sp³-hybridized carbons (Fsp3) is 0.571. The average Bonchev–Trinajstić information content (AvgIpc) is 2.21. The maximum absolute atomic E-state index is 5.95. The minimum atomic E-state index is 0. The molecular formula is C14H23Cl2NO. The third-order valence-corrected chi connectivity index (χ3v) is 2.80. The molecule has 2 nitrogen and oxygen atoms in total. The van der Waals surface area contributed by atoms with E-state index in [9.17, 15) is 0 Å². The first kappa shape index (κ1) is 17.6. The quantitative estimate of drug-likeness (QED) is 0.820. The number of halogens is 2. The minimum Gasteiger partial charge on any atom is -0.494 e. The molecule has 0 aliphatic heterocycles. The van der Waals surface area contributed by atoms with Gasteiger partial charge in [-0.1, -0.05) is 11.6 Å². The van der Waals surface area contributed by atoms with Crippen molar-refractivity contribution in [2.75, 3.05) is 13.2 Å². The molecule has 0 heterocycles. The first-order valence-electron chi connectivity index (χ1n) is 6.02. The monoisotopic (exact) mass is 291 g/mol. The van der Waals surface area contributed by atoms with Gasteiger partial charge in [0.25, 0.3) is 0 Å². The SMILES string of the molecule is Cc1cc(OCCCNC(C)(C)C)ccc1Cl.Cl. The predicted molar refractivity (Wildman–Crippen MR) is 81.3 cm³/mol. The van der Waals surface area contributed by atoms with Crippen LogP contribution in [-0.4, -0.2) is 18.7 Å². The van der Waals surface area contributed by atoms with Crippen molar-refractivity contribution in [1.29, 1.82) is 0 Å². The molecule has 0 radical (unpaired) electrons. The molecule has 1 aromatic rings. The molecule has 0 unspecified atom stereocenters. The summed E-state index contributed by atoms with van der Waals surface area (Å²) < 4.78 is 5.66. The summed E-state index contributed by atoms with van der Waals surface area (Å²) in [6.45, 7) is 10.2. The molecule has 4 heteroatoms. The van der Waals surface area contributed by atoms with E-state index in [-0.39, 0.29) is 17.9 Å². The molecule has 0 aromatic heterocycles. The van der Waals surface area contributed by atoms with E-state index in [1.54, 1.807) is 0 Å². The molecule has 0 saturated carbocycles. The van der Waals surface area contributed by atoms with Crippen LogP contribution in [0, 0.1) is 6.92 Å². The molecule has 0 bridgehead atoms. The summed E-state index contributed by atoms with van der Waals surface area (Å²) in [4.78, 5) is 0. The summed E-state index contributed by atoms with van der Waals surface area (Å²) in [6.07, 6.45) is 0.999. The fourth-order valence-electron chi connectivity index (χ4n) is 1.43. The third kappa shape index (κ3) is 7.10. The number of ether oxygens (including phenoxy) is 1. The molecule has 0 atom stereocenters. The summed E-state index contributed by atoms with van der Waals surface area (Å²) in [5, 5.41) is 4.21. The molecule has 0 saturated heterocycles. The van der Waals surface area contributed by atoms with Gasteiger partial charge in [0.1, 0.15) is 5.75 Å². The zero-order valence-electron chi connectivity index (χ0n) is 11.5. The van der Waals surface area contributed by atoms with Gasteiger partial charge in [0.2, 0.25) is 0 Å². The number of nitrogens with one attached hydrogen (secondary N) is 1. The van der Waals surface area contributed by atoms with E-state index in [1.165, 1.54) is 0 Å². The number of hydrogen-bond acceptors (Lipinski definition) is 2. The van der Waals surface area contributed by atoms with Gasteiger partial charge in [0, 0.05) is 10.6 Å². The van der Waals surface area contributed by atoms with Gasteiger partial charge in [-0.25, -0.2) is 0 Å². The lowest BCUT2D eigenvalue weighted by atomic mass is 10.1. The van der Waals surface area contributed by atoms with Crippen LogP contribution in [0.15, 0.2) is 18.2 Å². The van der Waals surface area contributed by atoms with Gasteiger partial charge in [0.15, 0.2) is 0 Å². The maximum Gasteiger partial charge on any atom is 0.119 e. The molecule has 1 aromatic carbocycles. The molecule has 1 rings (SSSR count). The Labute approximate surface area is 121 Å². The zero-order chi connectivity index (χ0) is 12.9. The van der Waals surface area contributed by atoms with Crippen molar-refractivity contribution in [2.24, 2.45) is 0 Å². The number of rotatable bonds is 5. The molecular weight excluding hydrogens is 269 g/mol. The maximum atomic E-state index is 5.95. The smallest absolute Gasteiger partial charge is 0.119 e. The molecule has 104 valence electrons. The highest BCUT2D eigenvalue weighted by Crippen LogP contribution is 2.20. The molecule has 1 N–H and O–H groups in total. The van der Waals surface area contributed by atoms with Gasteiger partial charge in [-0.05, 0) is 64.4 Å². The van der Waals surface area contributed by atoms with E-state index in [1.807, 2.05) is 25.1 Å². The number of benzene rings is 1. The second-order valence-electron chi connectivity index (χ2n) is 5.29. The predicted octanol–water partition coefficient (Wildman–Crippen LogP) is 4.23. The van der Waals surface area contributed by atoms with E-state index >= 15 is 0 Å². The molecule has 0 aliphatic rings. The summed E-state index contributed by atoms with van der Waals surface area (Å²) in [5.74, 6) is 0.891.